The lowest BCUT2D eigenvalue weighted by molar-refractivity contribution is -0.135. The van der Waals surface area contributed by atoms with Crippen LogP contribution >= 0.6 is 0 Å². The van der Waals surface area contributed by atoms with Gasteiger partial charge >= 0.3 is 0 Å². The SMILES string of the molecule is COc1ccc(CNC(=O)CC(=O)N(C)CCc2ccncc2)cc1. The third kappa shape index (κ3) is 6.25. The zero-order valence-corrected chi connectivity index (χ0v) is 14.6. The van der Waals surface area contributed by atoms with Gasteiger partial charge < -0.3 is 15.0 Å². The largest absolute Gasteiger partial charge is 0.497 e. The van der Waals surface area contributed by atoms with Crippen molar-refractivity contribution in [2.24, 2.45) is 0 Å². The zero-order valence-electron chi connectivity index (χ0n) is 14.6. The van der Waals surface area contributed by atoms with Crippen molar-refractivity contribution in [1.82, 2.24) is 15.2 Å². The number of carbonyl (C=O) groups is 2. The number of pyridine rings is 1. The Morgan fingerprint density at radius 3 is 2.40 bits per heavy atom. The Balaban J connectivity index is 1.72. The normalized spacial score (nSPS) is 10.2. The molecule has 2 amide bonds. The van der Waals surface area contributed by atoms with Crippen LogP contribution in [0.3, 0.4) is 0 Å². The second-order valence-electron chi connectivity index (χ2n) is 5.72. The fraction of sp³-hybridized carbons (Fsp3) is 0.316. The van der Waals surface area contributed by atoms with Gasteiger partial charge in [0, 0.05) is 32.5 Å². The molecule has 2 rings (SSSR count). The van der Waals surface area contributed by atoms with E-state index in [1.54, 1.807) is 31.5 Å². The molecule has 0 bridgehead atoms. The van der Waals surface area contributed by atoms with Crippen molar-refractivity contribution < 1.29 is 14.3 Å². The van der Waals surface area contributed by atoms with E-state index in [2.05, 4.69) is 10.3 Å². The second-order valence-corrected chi connectivity index (χ2v) is 5.72. The topological polar surface area (TPSA) is 71.5 Å². The van der Waals surface area contributed by atoms with Gasteiger partial charge in [-0.25, -0.2) is 0 Å². The molecule has 0 aliphatic carbocycles. The van der Waals surface area contributed by atoms with E-state index in [1.807, 2.05) is 36.4 Å². The Kier molecular flexibility index (Phi) is 6.95. The van der Waals surface area contributed by atoms with E-state index in [1.165, 1.54) is 0 Å². The second kappa shape index (κ2) is 9.42. The number of methoxy groups -OCH3 is 1. The third-order valence-corrected chi connectivity index (χ3v) is 3.87. The van der Waals surface area contributed by atoms with Crippen LogP contribution in [0.5, 0.6) is 5.75 Å². The quantitative estimate of drug-likeness (QED) is 0.743. The predicted octanol–water partition coefficient (Wildman–Crippen LogP) is 1.80. The number of amides is 2. The van der Waals surface area contributed by atoms with E-state index in [9.17, 15) is 9.59 Å². The van der Waals surface area contributed by atoms with E-state index in [0.29, 0.717) is 13.1 Å². The van der Waals surface area contributed by atoms with Crippen LogP contribution in [0.2, 0.25) is 0 Å². The zero-order chi connectivity index (χ0) is 18.1. The number of nitrogens with one attached hydrogen (secondary N) is 1. The van der Waals surface area contributed by atoms with Crippen molar-refractivity contribution in [1.29, 1.82) is 0 Å². The fourth-order valence-corrected chi connectivity index (χ4v) is 2.25. The van der Waals surface area contributed by atoms with Crippen LogP contribution < -0.4 is 10.1 Å². The number of benzene rings is 1. The van der Waals surface area contributed by atoms with Crippen molar-refractivity contribution in [3.63, 3.8) is 0 Å². The van der Waals surface area contributed by atoms with E-state index in [-0.39, 0.29) is 18.2 Å². The van der Waals surface area contributed by atoms with Crippen LogP contribution in [-0.2, 0) is 22.6 Å². The average molecular weight is 341 g/mol. The molecule has 0 unspecified atom stereocenters. The molecule has 1 aromatic carbocycles. The molecule has 0 spiro atoms. The summed E-state index contributed by atoms with van der Waals surface area (Å²) in [6, 6.07) is 11.3. The number of ether oxygens (including phenoxy) is 1. The van der Waals surface area contributed by atoms with Gasteiger partial charge in [-0.3, -0.25) is 14.6 Å². The van der Waals surface area contributed by atoms with E-state index < -0.39 is 0 Å². The van der Waals surface area contributed by atoms with Gasteiger partial charge in [0.1, 0.15) is 12.2 Å². The van der Waals surface area contributed by atoms with Crippen molar-refractivity contribution >= 4 is 11.8 Å². The Morgan fingerprint density at radius 1 is 1.08 bits per heavy atom. The summed E-state index contributed by atoms with van der Waals surface area (Å²) in [5.41, 5.74) is 2.06. The Bertz CT molecular complexity index is 687. The minimum Gasteiger partial charge on any atom is -0.497 e. The van der Waals surface area contributed by atoms with Gasteiger partial charge in [0.25, 0.3) is 0 Å². The summed E-state index contributed by atoms with van der Waals surface area (Å²) in [5.74, 6) is 0.291. The van der Waals surface area contributed by atoms with Crippen molar-refractivity contribution in [2.75, 3.05) is 20.7 Å². The molecule has 132 valence electrons. The molecule has 6 nitrogen and oxygen atoms in total. The Labute approximate surface area is 147 Å². The van der Waals surface area contributed by atoms with Crippen molar-refractivity contribution in [3.05, 3.63) is 59.9 Å². The van der Waals surface area contributed by atoms with Gasteiger partial charge in [-0.2, -0.15) is 0 Å². The molecule has 0 saturated carbocycles. The molecule has 0 fully saturated rings. The van der Waals surface area contributed by atoms with Crippen molar-refractivity contribution in [3.8, 4) is 5.75 Å². The molecular weight excluding hydrogens is 318 g/mol. The maximum atomic E-state index is 12.1. The van der Waals surface area contributed by atoms with E-state index >= 15 is 0 Å². The van der Waals surface area contributed by atoms with Gasteiger partial charge in [-0.1, -0.05) is 12.1 Å². The highest BCUT2D eigenvalue weighted by atomic mass is 16.5. The molecule has 0 aliphatic rings. The first-order valence-corrected chi connectivity index (χ1v) is 8.11. The summed E-state index contributed by atoms with van der Waals surface area (Å²) in [6.45, 7) is 0.950. The monoisotopic (exact) mass is 341 g/mol. The number of likely N-dealkylation sites (N-methyl/N-ethyl adjacent to an activating group) is 1. The summed E-state index contributed by atoms with van der Waals surface area (Å²) in [7, 11) is 3.31. The summed E-state index contributed by atoms with van der Waals surface area (Å²) in [5, 5.41) is 2.76. The van der Waals surface area contributed by atoms with Crippen LogP contribution in [0.1, 0.15) is 17.5 Å². The first-order valence-electron chi connectivity index (χ1n) is 8.11. The number of nitrogens with zero attached hydrogens (tertiary/aromatic N) is 2. The lowest BCUT2D eigenvalue weighted by Gasteiger charge is -2.17. The van der Waals surface area contributed by atoms with Crippen LogP contribution in [0.15, 0.2) is 48.8 Å². The molecule has 1 N–H and O–H groups in total. The van der Waals surface area contributed by atoms with Crippen LogP contribution in [0, 0.1) is 0 Å². The lowest BCUT2D eigenvalue weighted by atomic mass is 10.2. The number of hydrogen-bond donors (Lipinski definition) is 1. The van der Waals surface area contributed by atoms with Gasteiger partial charge in [-0.15, -0.1) is 0 Å². The minimum absolute atomic E-state index is 0.150. The number of carbonyl (C=O) groups excluding carboxylic acids is 2. The lowest BCUT2D eigenvalue weighted by Crippen LogP contribution is -2.34. The van der Waals surface area contributed by atoms with E-state index in [0.717, 1.165) is 23.3 Å². The summed E-state index contributed by atoms with van der Waals surface area (Å²) >= 11 is 0. The molecule has 1 aromatic heterocycles. The minimum atomic E-state index is -0.281. The van der Waals surface area contributed by atoms with Gasteiger partial charge in [0.15, 0.2) is 0 Å². The molecule has 0 radical (unpaired) electrons. The molecule has 1 heterocycles. The molecule has 0 aliphatic heterocycles. The molecule has 0 atom stereocenters. The predicted molar refractivity (Wildman–Crippen MR) is 95.0 cm³/mol. The Morgan fingerprint density at radius 2 is 1.76 bits per heavy atom. The summed E-state index contributed by atoms with van der Waals surface area (Å²) in [4.78, 5) is 29.6. The summed E-state index contributed by atoms with van der Waals surface area (Å²) < 4.78 is 5.09. The maximum Gasteiger partial charge on any atom is 0.231 e. The van der Waals surface area contributed by atoms with Gasteiger partial charge in [0.2, 0.25) is 11.8 Å². The van der Waals surface area contributed by atoms with Crippen LogP contribution in [0.4, 0.5) is 0 Å². The summed E-state index contributed by atoms with van der Waals surface area (Å²) in [6.07, 6.45) is 4.04. The van der Waals surface area contributed by atoms with Crippen molar-refractivity contribution in [2.45, 2.75) is 19.4 Å². The van der Waals surface area contributed by atoms with Crippen LogP contribution in [0.25, 0.3) is 0 Å². The maximum absolute atomic E-state index is 12.1. The number of aromatic nitrogens is 1. The molecule has 6 heteroatoms. The number of rotatable bonds is 8. The highest BCUT2D eigenvalue weighted by Gasteiger charge is 2.13. The number of hydrogen-bond acceptors (Lipinski definition) is 4. The van der Waals surface area contributed by atoms with Gasteiger partial charge in [0.05, 0.1) is 7.11 Å². The highest BCUT2D eigenvalue weighted by Crippen LogP contribution is 2.11. The first-order chi connectivity index (χ1) is 12.1. The standard InChI is InChI=1S/C19H23N3O3/c1-22(12-9-15-7-10-20-11-8-15)19(24)13-18(23)21-14-16-3-5-17(25-2)6-4-16/h3-8,10-11H,9,12-14H2,1-2H3,(H,21,23). The molecule has 25 heavy (non-hydrogen) atoms. The molecular formula is C19H23N3O3. The smallest absolute Gasteiger partial charge is 0.231 e. The highest BCUT2D eigenvalue weighted by molar-refractivity contribution is 5.96. The van der Waals surface area contributed by atoms with Crippen LogP contribution in [-0.4, -0.2) is 42.4 Å². The third-order valence-electron chi connectivity index (χ3n) is 3.87. The first kappa shape index (κ1) is 18.4. The Hall–Kier alpha value is -2.89. The fourth-order valence-electron chi connectivity index (χ4n) is 2.25. The van der Waals surface area contributed by atoms with Gasteiger partial charge in [-0.05, 0) is 41.8 Å². The molecule has 2 aromatic rings. The average Bonchev–Trinajstić information content (AvgIpc) is 2.65. The molecule has 0 saturated heterocycles. The van der Waals surface area contributed by atoms with E-state index in [4.69, 9.17) is 4.74 Å².